The number of alkyl halides is 3. The average Bonchev–Trinajstić information content (AvgIpc) is 3.45. The number of nitrogens with zero attached hydrogens (tertiary/aromatic N) is 4. The molecule has 5 rings (SSSR count). The van der Waals surface area contributed by atoms with E-state index in [9.17, 15) is 23.1 Å². The number of fused-ring (bicyclic) bond motifs is 1. The van der Waals surface area contributed by atoms with Crippen LogP contribution in [0.4, 0.5) is 19.0 Å². The summed E-state index contributed by atoms with van der Waals surface area (Å²) >= 11 is 0. The van der Waals surface area contributed by atoms with Crippen LogP contribution in [0.5, 0.6) is 0 Å². The van der Waals surface area contributed by atoms with Gasteiger partial charge in [-0.1, -0.05) is 19.1 Å². The second kappa shape index (κ2) is 9.54. The monoisotopic (exact) mass is 517 g/mol. The van der Waals surface area contributed by atoms with Crippen LogP contribution in [0.1, 0.15) is 74.3 Å². The van der Waals surface area contributed by atoms with Gasteiger partial charge in [0.15, 0.2) is 0 Å². The van der Waals surface area contributed by atoms with Crippen molar-refractivity contribution in [2.24, 2.45) is 0 Å². The highest BCUT2D eigenvalue weighted by molar-refractivity contribution is 5.85. The molecule has 2 saturated heterocycles. The van der Waals surface area contributed by atoms with Crippen LogP contribution in [0.2, 0.25) is 0 Å². The number of hydrogen-bond donors (Lipinski definition) is 2. The minimum absolute atomic E-state index is 0.0285. The fraction of sp³-hybridized carbons (Fsp3) is 0.593. The number of carbonyl (C=O) groups excluding carboxylic acids is 1. The zero-order valence-corrected chi connectivity index (χ0v) is 21.4. The molecule has 3 aliphatic rings. The lowest BCUT2D eigenvalue weighted by atomic mass is 9.88. The Balaban J connectivity index is 1.37. The van der Waals surface area contributed by atoms with E-state index in [2.05, 4.69) is 27.1 Å². The molecule has 2 aromatic rings. The molecule has 37 heavy (non-hydrogen) atoms. The van der Waals surface area contributed by atoms with Gasteiger partial charge in [0.05, 0.1) is 17.2 Å². The number of rotatable bonds is 4. The first kappa shape index (κ1) is 25.9. The summed E-state index contributed by atoms with van der Waals surface area (Å²) in [5.74, 6) is 0.328. The van der Waals surface area contributed by atoms with Crippen molar-refractivity contribution in [1.82, 2.24) is 20.2 Å². The molecule has 2 fully saturated rings. The third kappa shape index (κ3) is 4.81. The quantitative estimate of drug-likeness (QED) is 0.643. The Morgan fingerprint density at radius 3 is 2.54 bits per heavy atom. The third-order valence-electron chi connectivity index (χ3n) is 8.14. The summed E-state index contributed by atoms with van der Waals surface area (Å²) in [5, 5.41) is 14.2. The van der Waals surface area contributed by atoms with Crippen LogP contribution in [0.15, 0.2) is 30.6 Å². The van der Waals surface area contributed by atoms with Crippen molar-refractivity contribution in [1.29, 1.82) is 0 Å². The van der Waals surface area contributed by atoms with Crippen molar-refractivity contribution in [2.75, 3.05) is 31.1 Å². The van der Waals surface area contributed by atoms with Gasteiger partial charge in [-0.05, 0) is 63.3 Å². The van der Waals surface area contributed by atoms with Crippen molar-refractivity contribution in [3.8, 4) is 0 Å². The molecule has 2 N–H and O–H groups in total. The number of halogens is 3. The predicted octanol–water partition coefficient (Wildman–Crippen LogP) is 3.78. The van der Waals surface area contributed by atoms with Crippen molar-refractivity contribution < 1.29 is 23.1 Å². The molecule has 1 aromatic heterocycles. The molecule has 1 aliphatic carbocycles. The van der Waals surface area contributed by atoms with E-state index in [0.717, 1.165) is 42.9 Å². The molecule has 2 aliphatic heterocycles. The van der Waals surface area contributed by atoms with E-state index in [1.165, 1.54) is 18.5 Å². The van der Waals surface area contributed by atoms with Crippen LogP contribution in [0, 0.1) is 0 Å². The van der Waals surface area contributed by atoms with Gasteiger partial charge in [0.2, 0.25) is 5.91 Å². The summed E-state index contributed by atoms with van der Waals surface area (Å²) in [6.45, 7) is 8.23. The van der Waals surface area contributed by atoms with Gasteiger partial charge in [-0.25, -0.2) is 9.97 Å². The van der Waals surface area contributed by atoms with E-state index in [4.69, 9.17) is 0 Å². The van der Waals surface area contributed by atoms with Crippen molar-refractivity contribution in [3.63, 3.8) is 0 Å². The Kier molecular flexibility index (Phi) is 6.68. The highest BCUT2D eigenvalue weighted by Gasteiger charge is 2.43. The van der Waals surface area contributed by atoms with E-state index in [1.54, 1.807) is 6.92 Å². The summed E-state index contributed by atoms with van der Waals surface area (Å²) in [6.07, 6.45) is -0.596. The molecular weight excluding hydrogens is 483 g/mol. The molecule has 5 atom stereocenters. The number of amides is 1. The second-order valence-electron chi connectivity index (χ2n) is 11.0. The first-order chi connectivity index (χ1) is 17.5. The summed E-state index contributed by atoms with van der Waals surface area (Å²) in [5.41, 5.74) is 0.547. The highest BCUT2D eigenvalue weighted by Crippen LogP contribution is 2.46. The Morgan fingerprint density at radius 2 is 1.92 bits per heavy atom. The van der Waals surface area contributed by atoms with Crippen LogP contribution in [0.25, 0.3) is 0 Å². The van der Waals surface area contributed by atoms with Crippen molar-refractivity contribution >= 4 is 11.7 Å². The lowest BCUT2D eigenvalue weighted by Gasteiger charge is -2.43. The number of nitrogens with one attached hydrogen (secondary N) is 1. The summed E-state index contributed by atoms with van der Waals surface area (Å²) in [7, 11) is 0. The number of hydrogen-bond acceptors (Lipinski definition) is 6. The van der Waals surface area contributed by atoms with Gasteiger partial charge in [-0.2, -0.15) is 13.2 Å². The number of aromatic nitrogens is 2. The zero-order chi connectivity index (χ0) is 26.5. The van der Waals surface area contributed by atoms with E-state index < -0.39 is 23.3 Å². The molecule has 1 aromatic carbocycles. The Morgan fingerprint density at radius 1 is 1.19 bits per heavy atom. The number of benzene rings is 1. The van der Waals surface area contributed by atoms with Gasteiger partial charge in [-0.3, -0.25) is 4.79 Å². The molecular formula is C27H34F3N5O2. The van der Waals surface area contributed by atoms with E-state index in [1.807, 2.05) is 11.8 Å². The van der Waals surface area contributed by atoms with E-state index >= 15 is 0 Å². The molecule has 0 radical (unpaired) electrons. The molecule has 10 heteroatoms. The fourth-order valence-electron chi connectivity index (χ4n) is 6.38. The molecule has 7 nitrogen and oxygen atoms in total. The molecule has 0 saturated carbocycles. The molecule has 3 heterocycles. The number of anilines is 1. The average molecular weight is 518 g/mol. The number of carbonyl (C=O) groups is 1. The lowest BCUT2D eigenvalue weighted by molar-refractivity contribution is -0.137. The zero-order valence-electron chi connectivity index (χ0n) is 21.4. The summed E-state index contributed by atoms with van der Waals surface area (Å²) in [6, 6.07) is 4.89. The van der Waals surface area contributed by atoms with Gasteiger partial charge in [0.1, 0.15) is 17.7 Å². The maximum Gasteiger partial charge on any atom is 0.416 e. The van der Waals surface area contributed by atoms with Gasteiger partial charge < -0.3 is 20.2 Å². The Bertz CT molecular complexity index is 1150. The fourth-order valence-corrected chi connectivity index (χ4v) is 6.38. The molecule has 1 amide bonds. The largest absolute Gasteiger partial charge is 0.416 e. The van der Waals surface area contributed by atoms with Gasteiger partial charge in [-0.15, -0.1) is 0 Å². The van der Waals surface area contributed by atoms with Crippen LogP contribution in [0.3, 0.4) is 0 Å². The number of aliphatic hydroxyl groups is 1. The summed E-state index contributed by atoms with van der Waals surface area (Å²) < 4.78 is 39.4. The van der Waals surface area contributed by atoms with Gasteiger partial charge >= 0.3 is 6.18 Å². The Labute approximate surface area is 215 Å². The minimum Gasteiger partial charge on any atom is -0.384 e. The number of piperazine rings is 1. The summed E-state index contributed by atoms with van der Waals surface area (Å²) in [4.78, 5) is 26.8. The van der Waals surface area contributed by atoms with Crippen LogP contribution < -0.4 is 10.2 Å². The first-order valence-electron chi connectivity index (χ1n) is 13.0. The van der Waals surface area contributed by atoms with Crippen LogP contribution in [-0.2, 0) is 16.6 Å². The molecule has 200 valence electrons. The maximum atomic E-state index is 13.9. The standard InChI is InChI=1S/C27H34F3N5O2/c1-16-13-26(3,37)23-21(16)24(33-15-32-23)35-12-11-34(14-17(35)2)25(36)22(20-5-4-10-31-20)18-6-8-19(9-7-18)27(28,29)30/h6-9,15-17,20,22,31,37H,4-5,10-14H2,1-3H3/t16-,17+,20+,22+,26-/m1/s1. The Hall–Kier alpha value is -2.72. The first-order valence-corrected chi connectivity index (χ1v) is 13.0. The second-order valence-corrected chi connectivity index (χ2v) is 11.0. The molecule has 0 bridgehead atoms. The van der Waals surface area contributed by atoms with Gasteiger partial charge in [0, 0.05) is 37.3 Å². The normalized spacial score (nSPS) is 28.9. The van der Waals surface area contributed by atoms with Gasteiger partial charge in [0.25, 0.3) is 0 Å². The SMILES string of the molecule is C[C@@H]1C[C@@](C)(O)c2ncnc(N3CCN(C(=O)[C@@H](c4ccc(C(F)(F)F)cc4)[C@@H]4CCCN4)C[C@@H]3C)c21. The minimum atomic E-state index is -4.42. The van der Waals surface area contributed by atoms with E-state index in [0.29, 0.717) is 37.3 Å². The maximum absolute atomic E-state index is 13.9. The smallest absolute Gasteiger partial charge is 0.384 e. The topological polar surface area (TPSA) is 81.6 Å². The molecule has 0 spiro atoms. The van der Waals surface area contributed by atoms with E-state index in [-0.39, 0.29) is 23.9 Å². The molecule has 0 unspecified atom stereocenters. The lowest BCUT2D eigenvalue weighted by Crippen LogP contribution is -2.56. The predicted molar refractivity (Wildman–Crippen MR) is 133 cm³/mol. The van der Waals surface area contributed by atoms with Crippen molar-refractivity contribution in [3.05, 3.63) is 53.0 Å². The third-order valence-corrected chi connectivity index (χ3v) is 8.14. The van der Waals surface area contributed by atoms with Crippen LogP contribution >= 0.6 is 0 Å². The van der Waals surface area contributed by atoms with Crippen molar-refractivity contribution in [2.45, 2.75) is 75.7 Å². The van der Waals surface area contributed by atoms with Crippen LogP contribution in [-0.4, -0.2) is 64.1 Å². The highest BCUT2D eigenvalue weighted by atomic mass is 19.4.